The van der Waals surface area contributed by atoms with Crippen LogP contribution in [0, 0.1) is 6.92 Å². The van der Waals surface area contributed by atoms with E-state index in [0.717, 1.165) is 0 Å². The van der Waals surface area contributed by atoms with Crippen molar-refractivity contribution >= 4 is 57.2 Å². The number of hydrogen-bond acceptors (Lipinski definition) is 2. The summed E-state index contributed by atoms with van der Waals surface area (Å²) in [7, 11) is 0. The highest BCUT2D eigenvalue weighted by Crippen LogP contribution is 2.49. The fourth-order valence-corrected chi connectivity index (χ4v) is 12.4. The molecule has 0 saturated heterocycles. The molecule has 7 aromatic rings. The summed E-state index contributed by atoms with van der Waals surface area (Å²) in [6, 6.07) is 57.1. The minimum Gasteiger partial charge on any atom is -0.311 e. The highest BCUT2D eigenvalue weighted by Gasteiger charge is 2.45. The Hall–Kier alpha value is -5.80. The Morgan fingerprint density at radius 3 is 1.23 bits per heavy atom. The van der Waals surface area contributed by atoms with Gasteiger partial charge in [-0.1, -0.05) is 177 Å². The van der Waals surface area contributed by atoms with Crippen molar-refractivity contribution in [1.29, 1.82) is 0 Å². The van der Waals surface area contributed by atoms with Crippen LogP contribution in [0.1, 0.15) is 145 Å². The maximum Gasteiger partial charge on any atom is 0.252 e. The first kappa shape index (κ1) is 42.8. The summed E-state index contributed by atoms with van der Waals surface area (Å²) in [5, 5.41) is 0. The SMILES string of the molecule is Cc1cc2c3c(c1)N(c1cccc(C4CCCCC4)c1)c1cc(-c4ccccc4)c(C(C)(C)C)cc1B3c1cc(C(C)(C)C)c(-c3ccccc3)cc1N2c1cccc(C2CCCCC2)c1. The van der Waals surface area contributed by atoms with Gasteiger partial charge in [0.15, 0.2) is 0 Å². The Morgan fingerprint density at radius 2 is 0.833 bits per heavy atom. The van der Waals surface area contributed by atoms with Crippen molar-refractivity contribution in [2.75, 3.05) is 9.80 Å². The van der Waals surface area contributed by atoms with Crippen LogP contribution in [0.2, 0.25) is 0 Å². The Bertz CT molecular complexity index is 2730. The summed E-state index contributed by atoms with van der Waals surface area (Å²) < 4.78 is 0. The van der Waals surface area contributed by atoms with Gasteiger partial charge >= 0.3 is 0 Å². The molecule has 3 heteroatoms. The molecular formula is C63H67BN2. The van der Waals surface area contributed by atoms with Crippen molar-refractivity contribution in [3.05, 3.63) is 173 Å². The lowest BCUT2D eigenvalue weighted by molar-refractivity contribution is 0.443. The van der Waals surface area contributed by atoms with E-state index in [1.807, 2.05) is 0 Å². The molecule has 7 aromatic carbocycles. The fraction of sp³-hybridized carbons (Fsp3) is 0.333. The van der Waals surface area contributed by atoms with Gasteiger partial charge in [-0.2, -0.15) is 0 Å². The maximum absolute atomic E-state index is 2.67. The van der Waals surface area contributed by atoms with Crippen LogP contribution in [0.4, 0.5) is 34.1 Å². The molecule has 66 heavy (non-hydrogen) atoms. The molecule has 0 radical (unpaired) electrons. The second kappa shape index (κ2) is 16.8. The molecule has 2 nitrogen and oxygen atoms in total. The first-order valence-corrected chi connectivity index (χ1v) is 25.3. The molecule has 0 spiro atoms. The summed E-state index contributed by atoms with van der Waals surface area (Å²) in [4.78, 5) is 5.35. The van der Waals surface area contributed by atoms with E-state index in [0.29, 0.717) is 11.8 Å². The van der Waals surface area contributed by atoms with Crippen LogP contribution >= 0.6 is 0 Å². The molecule has 2 aliphatic carbocycles. The van der Waals surface area contributed by atoms with Crippen LogP contribution in [0.3, 0.4) is 0 Å². The monoisotopic (exact) mass is 863 g/mol. The average molecular weight is 863 g/mol. The van der Waals surface area contributed by atoms with Gasteiger partial charge in [0.05, 0.1) is 0 Å². The van der Waals surface area contributed by atoms with E-state index < -0.39 is 0 Å². The molecule has 332 valence electrons. The summed E-state index contributed by atoms with van der Waals surface area (Å²) in [6.45, 7) is 16.7. The van der Waals surface area contributed by atoms with E-state index in [1.165, 1.54) is 165 Å². The molecule has 2 saturated carbocycles. The lowest BCUT2D eigenvalue weighted by atomic mass is 9.33. The number of nitrogens with zero attached hydrogens (tertiary/aromatic N) is 2. The molecule has 0 bridgehead atoms. The van der Waals surface area contributed by atoms with E-state index in [2.05, 4.69) is 204 Å². The van der Waals surface area contributed by atoms with Gasteiger partial charge in [0.1, 0.15) is 0 Å². The summed E-state index contributed by atoms with van der Waals surface area (Å²) in [5.41, 5.74) is 23.9. The van der Waals surface area contributed by atoms with Gasteiger partial charge in [0, 0.05) is 34.1 Å². The van der Waals surface area contributed by atoms with Gasteiger partial charge in [0.25, 0.3) is 6.71 Å². The zero-order valence-corrected chi connectivity index (χ0v) is 40.6. The predicted molar refractivity (Wildman–Crippen MR) is 285 cm³/mol. The van der Waals surface area contributed by atoms with Crippen molar-refractivity contribution in [1.82, 2.24) is 0 Å². The van der Waals surface area contributed by atoms with Crippen LogP contribution in [-0.2, 0) is 10.8 Å². The van der Waals surface area contributed by atoms with Gasteiger partial charge in [-0.05, 0) is 170 Å². The van der Waals surface area contributed by atoms with Crippen molar-refractivity contribution in [3.63, 3.8) is 0 Å². The van der Waals surface area contributed by atoms with Crippen molar-refractivity contribution < 1.29 is 0 Å². The molecule has 0 amide bonds. The Labute approximate surface area is 396 Å². The quantitative estimate of drug-likeness (QED) is 0.154. The molecule has 4 aliphatic rings. The zero-order chi connectivity index (χ0) is 45.3. The molecule has 2 fully saturated rings. The predicted octanol–water partition coefficient (Wildman–Crippen LogP) is 16.1. The fourth-order valence-electron chi connectivity index (χ4n) is 12.4. The van der Waals surface area contributed by atoms with E-state index in [9.17, 15) is 0 Å². The minimum absolute atomic E-state index is 0.0213. The van der Waals surface area contributed by atoms with Gasteiger partial charge in [-0.3, -0.25) is 0 Å². The first-order chi connectivity index (χ1) is 31.9. The van der Waals surface area contributed by atoms with Crippen LogP contribution in [0.15, 0.2) is 146 Å². The van der Waals surface area contributed by atoms with Gasteiger partial charge < -0.3 is 9.80 Å². The topological polar surface area (TPSA) is 6.48 Å². The normalized spacial score (nSPS) is 16.5. The van der Waals surface area contributed by atoms with Crippen LogP contribution in [-0.4, -0.2) is 6.71 Å². The average Bonchev–Trinajstić information content (AvgIpc) is 3.33. The zero-order valence-electron chi connectivity index (χ0n) is 40.6. The third-order valence-electron chi connectivity index (χ3n) is 15.7. The smallest absolute Gasteiger partial charge is 0.252 e. The highest BCUT2D eigenvalue weighted by molar-refractivity contribution is 7.00. The molecule has 2 aliphatic heterocycles. The van der Waals surface area contributed by atoms with E-state index in [1.54, 1.807) is 0 Å². The van der Waals surface area contributed by atoms with Crippen LogP contribution in [0.5, 0.6) is 0 Å². The van der Waals surface area contributed by atoms with E-state index in [4.69, 9.17) is 0 Å². The summed E-state index contributed by atoms with van der Waals surface area (Å²) in [6.07, 6.45) is 13.1. The standard InChI is InChI=1S/C63H67BN2/c1-42-34-59-61-60(35-42)66(50-33-21-31-48(37-50)44-24-14-9-15-25-44)58-39-52(46-28-18-11-19-29-46)54(63(5,6)7)41-56(58)64(61)55-40-53(62(2,3)4)51(45-26-16-10-17-27-45)38-57(55)65(59)49-32-20-30-47(36-49)43-22-12-8-13-23-43/h10-11,16-21,26-41,43-44H,8-9,12-15,22-25H2,1-7H3. The molecule has 0 aromatic heterocycles. The van der Waals surface area contributed by atoms with E-state index >= 15 is 0 Å². The van der Waals surface area contributed by atoms with Crippen molar-refractivity contribution in [3.8, 4) is 22.3 Å². The summed E-state index contributed by atoms with van der Waals surface area (Å²) in [5.74, 6) is 1.22. The number of anilines is 6. The molecule has 0 unspecified atom stereocenters. The van der Waals surface area contributed by atoms with E-state index in [-0.39, 0.29) is 17.5 Å². The number of fused-ring (bicyclic) bond motifs is 4. The van der Waals surface area contributed by atoms with Gasteiger partial charge in [-0.15, -0.1) is 0 Å². The second-order valence-electron chi connectivity index (χ2n) is 22.3. The third kappa shape index (κ3) is 7.61. The molecular weight excluding hydrogens is 796 g/mol. The molecule has 0 N–H and O–H groups in total. The minimum atomic E-state index is -0.0981. The Morgan fingerprint density at radius 1 is 0.424 bits per heavy atom. The third-order valence-corrected chi connectivity index (χ3v) is 15.7. The first-order valence-electron chi connectivity index (χ1n) is 25.3. The molecule has 11 rings (SSSR count). The Balaban J connectivity index is 1.25. The van der Waals surface area contributed by atoms with Crippen LogP contribution in [0.25, 0.3) is 22.3 Å². The lowest BCUT2D eigenvalue weighted by Gasteiger charge is -2.46. The Kier molecular flexibility index (Phi) is 10.9. The number of rotatable bonds is 6. The van der Waals surface area contributed by atoms with Crippen molar-refractivity contribution in [2.24, 2.45) is 0 Å². The number of hydrogen-bond donors (Lipinski definition) is 0. The van der Waals surface area contributed by atoms with Gasteiger partial charge in [0.2, 0.25) is 0 Å². The van der Waals surface area contributed by atoms with Crippen molar-refractivity contribution in [2.45, 2.75) is 135 Å². The number of benzene rings is 7. The second-order valence-corrected chi connectivity index (χ2v) is 22.3. The highest BCUT2D eigenvalue weighted by atomic mass is 15.2. The summed E-state index contributed by atoms with van der Waals surface area (Å²) >= 11 is 0. The number of aryl methyl sites for hydroxylation is 1. The van der Waals surface area contributed by atoms with Gasteiger partial charge in [-0.25, -0.2) is 0 Å². The maximum atomic E-state index is 2.67. The largest absolute Gasteiger partial charge is 0.311 e. The molecule has 2 heterocycles. The lowest BCUT2D eigenvalue weighted by Crippen LogP contribution is -2.61. The molecule has 0 atom stereocenters. The van der Waals surface area contributed by atoms with Crippen LogP contribution < -0.4 is 26.2 Å².